The molecule has 0 radical (unpaired) electrons. The lowest BCUT2D eigenvalue weighted by Crippen LogP contribution is -2.11. The molecule has 1 saturated carbocycles. The van der Waals surface area contributed by atoms with Crippen molar-refractivity contribution >= 4 is 6.29 Å². The summed E-state index contributed by atoms with van der Waals surface area (Å²) in [6.07, 6.45) is -2.17. The van der Waals surface area contributed by atoms with Gasteiger partial charge in [0.15, 0.2) is 6.29 Å². The molecular formula is C10H8F3NO2. The fourth-order valence-electron chi connectivity index (χ4n) is 1.19. The molecule has 0 saturated heterocycles. The molecule has 1 aromatic rings. The van der Waals surface area contributed by atoms with Gasteiger partial charge in [0.1, 0.15) is 17.0 Å². The smallest absolute Gasteiger partial charge is 0.421 e. The van der Waals surface area contributed by atoms with Gasteiger partial charge in [-0.15, -0.1) is 0 Å². The number of halogens is 3. The van der Waals surface area contributed by atoms with E-state index in [-0.39, 0.29) is 17.5 Å². The van der Waals surface area contributed by atoms with Gasteiger partial charge in [-0.25, -0.2) is 0 Å². The summed E-state index contributed by atoms with van der Waals surface area (Å²) in [7, 11) is 0. The van der Waals surface area contributed by atoms with Crippen molar-refractivity contribution in [2.24, 2.45) is 0 Å². The highest BCUT2D eigenvalue weighted by atomic mass is 19.4. The van der Waals surface area contributed by atoms with Crippen LogP contribution in [0.15, 0.2) is 12.3 Å². The molecular weight excluding hydrogens is 223 g/mol. The highest BCUT2D eigenvalue weighted by Crippen LogP contribution is 2.38. The summed E-state index contributed by atoms with van der Waals surface area (Å²) in [4.78, 5) is 13.8. The monoisotopic (exact) mass is 231 g/mol. The van der Waals surface area contributed by atoms with Crippen LogP contribution >= 0.6 is 0 Å². The third kappa shape index (κ3) is 2.32. The number of rotatable bonds is 3. The second-order valence-electron chi connectivity index (χ2n) is 3.54. The number of hydrogen-bond donors (Lipinski definition) is 0. The van der Waals surface area contributed by atoms with E-state index in [4.69, 9.17) is 4.74 Å². The number of ether oxygens (including phenoxy) is 1. The Labute approximate surface area is 89.2 Å². The zero-order chi connectivity index (χ0) is 11.8. The molecule has 0 atom stereocenters. The number of nitrogens with zero attached hydrogens (tertiary/aromatic N) is 1. The molecule has 0 amide bonds. The van der Waals surface area contributed by atoms with Crippen LogP contribution in [0.1, 0.15) is 28.9 Å². The van der Waals surface area contributed by atoms with Gasteiger partial charge in [0.05, 0.1) is 6.10 Å². The molecule has 1 aromatic heterocycles. The van der Waals surface area contributed by atoms with Crippen LogP contribution in [0.3, 0.4) is 0 Å². The molecule has 0 unspecified atom stereocenters. The molecule has 3 nitrogen and oxygen atoms in total. The fourth-order valence-corrected chi connectivity index (χ4v) is 1.19. The largest absolute Gasteiger partial charge is 0.490 e. The molecule has 6 heteroatoms. The molecule has 2 rings (SSSR count). The number of aldehydes is 1. The van der Waals surface area contributed by atoms with Crippen LogP contribution in [0.5, 0.6) is 5.75 Å². The molecule has 1 fully saturated rings. The lowest BCUT2D eigenvalue weighted by molar-refractivity contribution is -0.139. The van der Waals surface area contributed by atoms with E-state index in [0.717, 1.165) is 18.9 Å². The predicted molar refractivity (Wildman–Crippen MR) is 48.3 cm³/mol. The van der Waals surface area contributed by atoms with Crippen molar-refractivity contribution in [1.82, 2.24) is 4.98 Å². The Hall–Kier alpha value is -1.59. The van der Waals surface area contributed by atoms with E-state index in [1.54, 1.807) is 0 Å². The Balaban J connectivity index is 2.37. The van der Waals surface area contributed by atoms with E-state index in [9.17, 15) is 18.0 Å². The van der Waals surface area contributed by atoms with Crippen molar-refractivity contribution < 1.29 is 22.7 Å². The Morgan fingerprint density at radius 2 is 2.12 bits per heavy atom. The number of alkyl halides is 3. The summed E-state index contributed by atoms with van der Waals surface area (Å²) < 4.78 is 42.7. The summed E-state index contributed by atoms with van der Waals surface area (Å²) in [5.74, 6) is -0.313. The third-order valence-corrected chi connectivity index (χ3v) is 2.13. The highest BCUT2D eigenvalue weighted by molar-refractivity contribution is 5.72. The normalized spacial score (nSPS) is 15.9. The van der Waals surface area contributed by atoms with E-state index < -0.39 is 11.7 Å². The molecule has 86 valence electrons. The quantitative estimate of drug-likeness (QED) is 0.750. The molecule has 1 heterocycles. The Morgan fingerprint density at radius 1 is 1.44 bits per heavy atom. The van der Waals surface area contributed by atoms with E-state index >= 15 is 0 Å². The van der Waals surface area contributed by atoms with Crippen molar-refractivity contribution in [2.45, 2.75) is 25.1 Å². The average molecular weight is 231 g/mol. The number of aromatic nitrogens is 1. The maximum Gasteiger partial charge on any atom is 0.421 e. The number of hydrogen-bond acceptors (Lipinski definition) is 3. The second-order valence-corrected chi connectivity index (χ2v) is 3.54. The molecule has 1 aliphatic carbocycles. The predicted octanol–water partition coefficient (Wildman–Crippen LogP) is 2.45. The van der Waals surface area contributed by atoms with Crippen LogP contribution in [0.4, 0.5) is 13.2 Å². The summed E-state index contributed by atoms with van der Waals surface area (Å²) in [6.45, 7) is 0. The zero-order valence-corrected chi connectivity index (χ0v) is 8.12. The molecule has 0 spiro atoms. The second kappa shape index (κ2) is 3.77. The van der Waals surface area contributed by atoms with Gasteiger partial charge < -0.3 is 4.74 Å². The van der Waals surface area contributed by atoms with E-state index in [1.807, 2.05) is 0 Å². The molecule has 1 aliphatic rings. The van der Waals surface area contributed by atoms with Crippen molar-refractivity contribution in [2.75, 3.05) is 0 Å². The summed E-state index contributed by atoms with van der Waals surface area (Å²) >= 11 is 0. The van der Waals surface area contributed by atoms with Crippen molar-refractivity contribution in [3.63, 3.8) is 0 Å². The first-order valence-electron chi connectivity index (χ1n) is 4.70. The molecule has 0 N–H and O–H groups in total. The number of carbonyl (C=O) groups excluding carboxylic acids is 1. The standard InChI is InChI=1S/C10H8F3NO2/c11-10(12,13)8-4-14-6(5-15)3-9(8)16-7-1-2-7/h3-5,7H,1-2H2. The topological polar surface area (TPSA) is 39.2 Å². The van der Waals surface area contributed by atoms with Gasteiger partial charge in [-0.2, -0.15) is 13.2 Å². The minimum absolute atomic E-state index is 0.0661. The van der Waals surface area contributed by atoms with Crippen molar-refractivity contribution in [3.8, 4) is 5.75 Å². The van der Waals surface area contributed by atoms with Gasteiger partial charge >= 0.3 is 6.18 Å². The van der Waals surface area contributed by atoms with Crippen molar-refractivity contribution in [3.05, 3.63) is 23.5 Å². The number of carbonyl (C=O) groups is 1. The lowest BCUT2D eigenvalue weighted by atomic mass is 10.2. The Bertz CT molecular complexity index is 413. The van der Waals surface area contributed by atoms with Crippen LogP contribution < -0.4 is 4.74 Å². The van der Waals surface area contributed by atoms with Crippen LogP contribution in [-0.2, 0) is 6.18 Å². The maximum absolute atomic E-state index is 12.5. The summed E-state index contributed by atoms with van der Waals surface area (Å²) in [5, 5.41) is 0. The van der Waals surface area contributed by atoms with Gasteiger partial charge in [0.2, 0.25) is 0 Å². The van der Waals surface area contributed by atoms with E-state index in [1.165, 1.54) is 0 Å². The van der Waals surface area contributed by atoms with Gasteiger partial charge in [0.25, 0.3) is 0 Å². The average Bonchev–Trinajstić information content (AvgIpc) is 3.00. The van der Waals surface area contributed by atoms with Gasteiger partial charge in [-0.3, -0.25) is 9.78 Å². The molecule has 16 heavy (non-hydrogen) atoms. The molecule has 0 aliphatic heterocycles. The highest BCUT2D eigenvalue weighted by Gasteiger charge is 2.37. The summed E-state index contributed by atoms with van der Waals surface area (Å²) in [5.41, 5.74) is -1.01. The summed E-state index contributed by atoms with van der Waals surface area (Å²) in [6, 6.07) is 1.02. The lowest BCUT2D eigenvalue weighted by Gasteiger charge is -2.13. The first-order valence-corrected chi connectivity index (χ1v) is 4.70. The van der Waals surface area contributed by atoms with E-state index in [0.29, 0.717) is 12.5 Å². The maximum atomic E-state index is 12.5. The van der Waals surface area contributed by atoms with Crippen LogP contribution in [0, 0.1) is 0 Å². The first-order chi connectivity index (χ1) is 7.50. The van der Waals surface area contributed by atoms with Gasteiger partial charge in [-0.05, 0) is 12.8 Å². The third-order valence-electron chi connectivity index (χ3n) is 2.13. The van der Waals surface area contributed by atoms with Crippen LogP contribution in [0.2, 0.25) is 0 Å². The van der Waals surface area contributed by atoms with Gasteiger partial charge in [-0.1, -0.05) is 0 Å². The molecule has 0 bridgehead atoms. The Kier molecular flexibility index (Phi) is 2.57. The fraction of sp³-hybridized carbons (Fsp3) is 0.400. The SMILES string of the molecule is O=Cc1cc(OC2CC2)c(C(F)(F)F)cn1. The van der Waals surface area contributed by atoms with Gasteiger partial charge in [0, 0.05) is 12.3 Å². The van der Waals surface area contributed by atoms with E-state index in [2.05, 4.69) is 4.98 Å². The number of pyridine rings is 1. The minimum atomic E-state index is -4.52. The molecule has 0 aromatic carbocycles. The Morgan fingerprint density at radius 3 is 2.62 bits per heavy atom. The zero-order valence-electron chi connectivity index (χ0n) is 8.12. The minimum Gasteiger partial charge on any atom is -0.490 e. The van der Waals surface area contributed by atoms with Crippen molar-refractivity contribution in [1.29, 1.82) is 0 Å². The van der Waals surface area contributed by atoms with Crippen LogP contribution in [-0.4, -0.2) is 17.4 Å². The first kappa shape index (κ1) is 10.9. The van der Waals surface area contributed by atoms with Crippen LogP contribution in [0.25, 0.3) is 0 Å².